The number of aliphatic hydroxyl groups excluding tert-OH is 1. The molecule has 3 N–H and O–H groups in total. The topological polar surface area (TPSA) is 49.5 Å². The second-order valence-electron chi connectivity index (χ2n) is 4.98. The van der Waals surface area contributed by atoms with E-state index in [0.717, 1.165) is 13.1 Å². The molecular formula is C11H24N2O. The number of hydrogen-bond acceptors (Lipinski definition) is 3. The van der Waals surface area contributed by atoms with Crippen molar-refractivity contribution in [2.75, 3.05) is 19.7 Å². The highest BCUT2D eigenvalue weighted by atomic mass is 16.3. The molecule has 0 spiro atoms. The molecule has 0 aromatic rings. The Bertz CT molecular complexity index is 171. The lowest BCUT2D eigenvalue weighted by atomic mass is 10.0. The maximum absolute atomic E-state index is 9.13. The molecule has 0 aromatic heterocycles. The van der Waals surface area contributed by atoms with Crippen LogP contribution in [0.25, 0.3) is 0 Å². The van der Waals surface area contributed by atoms with Gasteiger partial charge in [-0.2, -0.15) is 0 Å². The standard InChI is InChI=1S/C11H24N2O/c1-10-6-4-3-5-7-13(10)8-11(2,12)9-14/h10,14H,3-9,12H2,1-2H3. The molecule has 3 nitrogen and oxygen atoms in total. The zero-order valence-corrected chi connectivity index (χ0v) is 9.50. The van der Waals surface area contributed by atoms with E-state index in [-0.39, 0.29) is 6.61 Å². The van der Waals surface area contributed by atoms with Crippen LogP contribution in [0.15, 0.2) is 0 Å². The van der Waals surface area contributed by atoms with E-state index in [2.05, 4.69) is 11.8 Å². The van der Waals surface area contributed by atoms with Crippen LogP contribution < -0.4 is 5.73 Å². The Balaban J connectivity index is 2.48. The molecule has 1 rings (SSSR count). The van der Waals surface area contributed by atoms with Gasteiger partial charge in [0.2, 0.25) is 0 Å². The lowest BCUT2D eigenvalue weighted by Gasteiger charge is -2.34. The monoisotopic (exact) mass is 200 g/mol. The van der Waals surface area contributed by atoms with E-state index >= 15 is 0 Å². The summed E-state index contributed by atoms with van der Waals surface area (Å²) in [5, 5.41) is 9.13. The van der Waals surface area contributed by atoms with Gasteiger partial charge in [-0.25, -0.2) is 0 Å². The van der Waals surface area contributed by atoms with Crippen molar-refractivity contribution in [2.45, 2.75) is 51.1 Å². The van der Waals surface area contributed by atoms with Gasteiger partial charge in [-0.3, -0.25) is 4.90 Å². The average Bonchev–Trinajstić information content (AvgIpc) is 2.32. The van der Waals surface area contributed by atoms with Gasteiger partial charge in [0.25, 0.3) is 0 Å². The van der Waals surface area contributed by atoms with E-state index < -0.39 is 5.54 Å². The summed E-state index contributed by atoms with van der Waals surface area (Å²) in [5.74, 6) is 0. The van der Waals surface area contributed by atoms with Gasteiger partial charge in [0.1, 0.15) is 0 Å². The minimum Gasteiger partial charge on any atom is -0.394 e. The zero-order valence-electron chi connectivity index (χ0n) is 9.50. The second-order valence-corrected chi connectivity index (χ2v) is 4.98. The quantitative estimate of drug-likeness (QED) is 0.713. The van der Waals surface area contributed by atoms with Crippen molar-refractivity contribution in [3.05, 3.63) is 0 Å². The third kappa shape index (κ3) is 3.56. The second kappa shape index (κ2) is 5.10. The minimum absolute atomic E-state index is 0.0657. The summed E-state index contributed by atoms with van der Waals surface area (Å²) in [6.45, 7) is 6.19. The fourth-order valence-corrected chi connectivity index (χ4v) is 2.08. The first-order valence-corrected chi connectivity index (χ1v) is 5.69. The molecular weight excluding hydrogens is 176 g/mol. The van der Waals surface area contributed by atoms with Crippen molar-refractivity contribution < 1.29 is 5.11 Å². The molecule has 14 heavy (non-hydrogen) atoms. The summed E-state index contributed by atoms with van der Waals surface area (Å²) in [7, 11) is 0. The Morgan fingerprint density at radius 3 is 2.79 bits per heavy atom. The van der Waals surface area contributed by atoms with Crippen LogP contribution in [0.4, 0.5) is 0 Å². The summed E-state index contributed by atoms with van der Waals surface area (Å²) < 4.78 is 0. The van der Waals surface area contributed by atoms with E-state index in [1.54, 1.807) is 0 Å². The van der Waals surface area contributed by atoms with Crippen LogP contribution >= 0.6 is 0 Å². The van der Waals surface area contributed by atoms with Gasteiger partial charge in [-0.15, -0.1) is 0 Å². The number of likely N-dealkylation sites (tertiary alicyclic amines) is 1. The Kier molecular flexibility index (Phi) is 4.35. The molecule has 0 bridgehead atoms. The molecule has 1 aliphatic rings. The van der Waals surface area contributed by atoms with Crippen molar-refractivity contribution in [1.29, 1.82) is 0 Å². The zero-order chi connectivity index (χ0) is 10.6. The lowest BCUT2D eigenvalue weighted by molar-refractivity contribution is 0.124. The third-order valence-corrected chi connectivity index (χ3v) is 3.12. The smallest absolute Gasteiger partial charge is 0.0621 e. The molecule has 2 atom stereocenters. The van der Waals surface area contributed by atoms with Crippen LogP contribution in [0.2, 0.25) is 0 Å². The van der Waals surface area contributed by atoms with Crippen molar-refractivity contribution in [1.82, 2.24) is 4.90 Å². The van der Waals surface area contributed by atoms with Gasteiger partial charge < -0.3 is 10.8 Å². The molecule has 0 aliphatic carbocycles. The maximum Gasteiger partial charge on any atom is 0.0621 e. The molecule has 0 saturated carbocycles. The predicted molar refractivity (Wildman–Crippen MR) is 59.2 cm³/mol. The minimum atomic E-state index is -0.446. The molecule has 1 heterocycles. The highest BCUT2D eigenvalue weighted by molar-refractivity contribution is 4.84. The summed E-state index contributed by atoms with van der Waals surface area (Å²) in [6.07, 6.45) is 5.20. The number of rotatable bonds is 3. The molecule has 0 radical (unpaired) electrons. The average molecular weight is 200 g/mol. The van der Waals surface area contributed by atoms with Gasteiger partial charge >= 0.3 is 0 Å². The Hall–Kier alpha value is -0.120. The number of nitrogens with two attached hydrogens (primary N) is 1. The molecule has 0 amide bonds. The van der Waals surface area contributed by atoms with E-state index in [1.165, 1.54) is 25.7 Å². The Morgan fingerprint density at radius 1 is 1.43 bits per heavy atom. The SMILES string of the molecule is CC1CCCCCN1CC(C)(N)CO. The molecule has 84 valence electrons. The summed E-state index contributed by atoms with van der Waals surface area (Å²) in [5.41, 5.74) is 5.52. The highest BCUT2D eigenvalue weighted by Crippen LogP contribution is 2.17. The van der Waals surface area contributed by atoms with Gasteiger partial charge in [0, 0.05) is 18.1 Å². The summed E-state index contributed by atoms with van der Waals surface area (Å²) >= 11 is 0. The Labute approximate surface area is 87.3 Å². The molecule has 1 aliphatic heterocycles. The molecule has 1 fully saturated rings. The van der Waals surface area contributed by atoms with Crippen molar-refractivity contribution in [3.63, 3.8) is 0 Å². The molecule has 1 saturated heterocycles. The Morgan fingerprint density at radius 2 is 2.14 bits per heavy atom. The first-order valence-electron chi connectivity index (χ1n) is 5.69. The highest BCUT2D eigenvalue weighted by Gasteiger charge is 2.25. The summed E-state index contributed by atoms with van der Waals surface area (Å²) in [4.78, 5) is 2.42. The fraction of sp³-hybridized carbons (Fsp3) is 1.00. The van der Waals surface area contributed by atoms with Gasteiger partial charge in [-0.1, -0.05) is 12.8 Å². The van der Waals surface area contributed by atoms with Crippen molar-refractivity contribution in [3.8, 4) is 0 Å². The predicted octanol–water partition coefficient (Wildman–Crippen LogP) is 0.961. The number of aliphatic hydroxyl groups is 1. The van der Waals surface area contributed by atoms with Crippen LogP contribution in [0, 0.1) is 0 Å². The van der Waals surface area contributed by atoms with Gasteiger partial charge in [0.15, 0.2) is 0 Å². The summed E-state index contributed by atoms with van der Waals surface area (Å²) in [6, 6.07) is 0.618. The van der Waals surface area contributed by atoms with E-state index in [0.29, 0.717) is 6.04 Å². The van der Waals surface area contributed by atoms with Crippen LogP contribution in [0.1, 0.15) is 39.5 Å². The fourth-order valence-electron chi connectivity index (χ4n) is 2.08. The first-order chi connectivity index (χ1) is 6.55. The van der Waals surface area contributed by atoms with Crippen LogP contribution in [-0.2, 0) is 0 Å². The largest absolute Gasteiger partial charge is 0.394 e. The van der Waals surface area contributed by atoms with Crippen LogP contribution in [-0.4, -0.2) is 41.3 Å². The molecule has 0 aromatic carbocycles. The first kappa shape index (κ1) is 12.0. The van der Waals surface area contributed by atoms with E-state index in [4.69, 9.17) is 10.8 Å². The van der Waals surface area contributed by atoms with Crippen LogP contribution in [0.5, 0.6) is 0 Å². The van der Waals surface area contributed by atoms with Crippen molar-refractivity contribution in [2.24, 2.45) is 5.73 Å². The van der Waals surface area contributed by atoms with Crippen LogP contribution in [0.3, 0.4) is 0 Å². The van der Waals surface area contributed by atoms with Gasteiger partial charge in [0.05, 0.1) is 6.61 Å². The van der Waals surface area contributed by atoms with E-state index in [9.17, 15) is 0 Å². The van der Waals surface area contributed by atoms with Gasteiger partial charge in [-0.05, 0) is 33.2 Å². The number of nitrogens with zero attached hydrogens (tertiary/aromatic N) is 1. The number of hydrogen-bond donors (Lipinski definition) is 2. The normalized spacial score (nSPS) is 29.6. The van der Waals surface area contributed by atoms with E-state index in [1.807, 2.05) is 6.92 Å². The molecule has 2 unspecified atom stereocenters. The maximum atomic E-state index is 9.13. The molecule has 3 heteroatoms. The third-order valence-electron chi connectivity index (χ3n) is 3.12. The lowest BCUT2D eigenvalue weighted by Crippen LogP contribution is -2.52. The van der Waals surface area contributed by atoms with Crippen molar-refractivity contribution >= 4 is 0 Å².